The van der Waals surface area contributed by atoms with Crippen LogP contribution in [0.4, 0.5) is 4.79 Å². The number of amides is 1. The highest BCUT2D eigenvalue weighted by molar-refractivity contribution is 6.04. The van der Waals surface area contributed by atoms with Crippen molar-refractivity contribution in [2.45, 2.75) is 159 Å². The third-order valence-corrected chi connectivity index (χ3v) is 13.2. The van der Waals surface area contributed by atoms with E-state index in [9.17, 15) is 19.5 Å². The molecule has 0 aromatic carbocycles. The van der Waals surface area contributed by atoms with Crippen molar-refractivity contribution < 1.29 is 43.2 Å². The Morgan fingerprint density at radius 1 is 1.06 bits per heavy atom. The fraction of sp³-hybridized carbons (Fsp3) is 0.919. The van der Waals surface area contributed by atoms with Gasteiger partial charge in [0.25, 0.3) is 0 Å². The van der Waals surface area contributed by atoms with Gasteiger partial charge in [-0.15, -0.1) is 0 Å². The molecule has 50 heavy (non-hydrogen) atoms. The molecule has 0 spiro atoms. The molecule has 0 aromatic heterocycles. The van der Waals surface area contributed by atoms with Crippen LogP contribution in [0.25, 0.3) is 0 Å². The molecule has 284 valence electrons. The van der Waals surface area contributed by atoms with Gasteiger partial charge in [-0.2, -0.15) is 0 Å². The van der Waals surface area contributed by atoms with Crippen LogP contribution in [-0.2, 0) is 33.3 Å². The Balaban J connectivity index is 1.31. The lowest BCUT2D eigenvalue weighted by atomic mass is 9.50. The van der Waals surface area contributed by atoms with Crippen LogP contribution >= 0.6 is 0 Å². The van der Waals surface area contributed by atoms with E-state index in [-0.39, 0.29) is 48.5 Å². The minimum Gasteiger partial charge on any atom is -0.457 e. The molecule has 5 saturated heterocycles. The van der Waals surface area contributed by atoms with Gasteiger partial charge in [0.1, 0.15) is 17.6 Å². The number of esters is 1. The number of carbonyl (C=O) groups excluding carboxylic acids is 3. The van der Waals surface area contributed by atoms with Crippen molar-refractivity contribution in [3.8, 4) is 0 Å². The first-order valence-corrected chi connectivity index (χ1v) is 19.0. The Morgan fingerprint density at radius 2 is 1.76 bits per heavy atom. The number of aliphatic hydroxyl groups excluding tert-OH is 1. The lowest BCUT2D eigenvalue weighted by Gasteiger charge is -2.62. The number of nitrogens with one attached hydrogen (secondary N) is 3. The number of aliphatic hydroxyl groups is 1. The molecule has 0 aromatic rings. The van der Waals surface area contributed by atoms with Crippen molar-refractivity contribution in [2.24, 2.45) is 23.2 Å². The van der Waals surface area contributed by atoms with E-state index in [0.29, 0.717) is 32.4 Å². The summed E-state index contributed by atoms with van der Waals surface area (Å²) >= 11 is 0. The van der Waals surface area contributed by atoms with Crippen molar-refractivity contribution >= 4 is 17.8 Å². The molecule has 13 atom stereocenters. The van der Waals surface area contributed by atoms with Gasteiger partial charge in [-0.05, 0) is 105 Å². The Bertz CT molecular complexity index is 1280. The minimum absolute atomic E-state index is 0.0487. The van der Waals surface area contributed by atoms with E-state index >= 15 is 0 Å². The topological polar surface area (TPSA) is 157 Å². The summed E-state index contributed by atoms with van der Waals surface area (Å²) in [5.74, 6) is -0.909. The summed E-state index contributed by atoms with van der Waals surface area (Å²) in [5, 5.41) is 22.0. The van der Waals surface area contributed by atoms with Crippen LogP contribution in [0.2, 0.25) is 0 Å². The SMILES string of the molecule is CC[C@H]1OC(=O)C2(C)CCOC(C)(C[C@@H](C)CN[C@H](C)[C@H]3NC(=O)O[C@@]31C)[C@H](O[C@@H]1O[C@H](CNC34CC(C3)C4)C[C@H](N(C)C)[C@H]1O)[C@@H](C)C2=O. The monoisotopic (exact) mass is 706 g/mol. The standard InChI is InChI=1S/C37H62N4O9/c1-10-26-36(7)28(40-33(45)50-36)22(4)38-18-20(2)14-35(6)30(21(3)29(43)34(5,11-12-46-35)32(44)48-26)49-31-27(42)25(41(8)9)13-24(47-31)19-39-37-15-23(16-37)17-37/h20-28,30-31,38-39,42H,10-19H2,1-9H3,(H,40,45)/t20-,21+,22-,23?,24+,25+,26-,27-,28-,30-,31+,34?,35?,36-,37?/m1/s1. The Kier molecular flexibility index (Phi) is 10.5. The number of hydrogen-bond acceptors (Lipinski definition) is 12. The molecule has 4 N–H and O–H groups in total. The highest BCUT2D eigenvalue weighted by atomic mass is 16.7. The highest BCUT2D eigenvalue weighted by Crippen LogP contribution is 2.57. The summed E-state index contributed by atoms with van der Waals surface area (Å²) in [7, 11) is 3.90. The molecule has 3 aliphatic carbocycles. The molecule has 4 bridgehead atoms. The average molecular weight is 707 g/mol. The van der Waals surface area contributed by atoms with Gasteiger partial charge in [-0.3, -0.25) is 9.59 Å². The maximum absolute atomic E-state index is 14.7. The van der Waals surface area contributed by atoms with Crippen molar-refractivity contribution in [2.75, 3.05) is 33.8 Å². The van der Waals surface area contributed by atoms with Crippen LogP contribution in [-0.4, -0.2) is 127 Å². The van der Waals surface area contributed by atoms with Crippen LogP contribution in [0.15, 0.2) is 0 Å². The zero-order chi connectivity index (χ0) is 36.4. The van der Waals surface area contributed by atoms with E-state index in [0.717, 1.165) is 5.92 Å². The molecule has 8 aliphatic rings. The van der Waals surface area contributed by atoms with E-state index in [1.54, 1.807) is 20.8 Å². The van der Waals surface area contributed by atoms with Gasteiger partial charge >= 0.3 is 12.1 Å². The first-order chi connectivity index (χ1) is 23.4. The van der Waals surface area contributed by atoms with Gasteiger partial charge in [0, 0.05) is 36.7 Å². The number of rotatable bonds is 7. The normalized spacial score (nSPS) is 49.7. The molecule has 3 saturated carbocycles. The number of likely N-dealkylation sites (N-methyl/N-ethyl adjacent to an activating group) is 1. The van der Waals surface area contributed by atoms with Crippen molar-refractivity contribution in [1.82, 2.24) is 20.9 Å². The summed E-state index contributed by atoms with van der Waals surface area (Å²) in [4.78, 5) is 43.6. The van der Waals surface area contributed by atoms with Crippen molar-refractivity contribution in [1.29, 1.82) is 0 Å². The maximum atomic E-state index is 14.7. The number of carbonyl (C=O) groups is 3. The second-order valence-corrected chi connectivity index (χ2v) is 17.5. The van der Waals surface area contributed by atoms with Gasteiger partial charge < -0.3 is 49.6 Å². The molecular weight excluding hydrogens is 644 g/mol. The smallest absolute Gasteiger partial charge is 0.408 e. The van der Waals surface area contributed by atoms with Gasteiger partial charge in [-0.1, -0.05) is 20.8 Å². The van der Waals surface area contributed by atoms with E-state index in [1.807, 2.05) is 39.8 Å². The molecular formula is C37H62N4O9. The van der Waals surface area contributed by atoms with Gasteiger partial charge in [0.05, 0.1) is 23.9 Å². The van der Waals surface area contributed by atoms with Crippen LogP contribution in [0.3, 0.4) is 0 Å². The molecule has 0 radical (unpaired) electrons. The molecule has 5 aliphatic heterocycles. The summed E-state index contributed by atoms with van der Waals surface area (Å²) in [6, 6.07) is -0.935. The minimum atomic E-state index is -1.55. The molecule has 8 rings (SSSR count). The zero-order valence-electron chi connectivity index (χ0n) is 31.6. The Labute approximate surface area is 297 Å². The van der Waals surface area contributed by atoms with E-state index in [1.165, 1.54) is 19.3 Å². The van der Waals surface area contributed by atoms with Crippen LogP contribution in [0, 0.1) is 23.2 Å². The van der Waals surface area contributed by atoms with Crippen molar-refractivity contribution in [3.05, 3.63) is 0 Å². The lowest BCUT2D eigenvalue weighted by Crippen LogP contribution is -2.68. The predicted molar refractivity (Wildman–Crippen MR) is 184 cm³/mol. The molecule has 13 nitrogen and oxygen atoms in total. The number of ether oxygens (including phenoxy) is 5. The molecule has 13 heteroatoms. The number of ketones is 1. The fourth-order valence-electron chi connectivity index (χ4n) is 9.93. The number of nitrogens with zero attached hydrogens (tertiary/aromatic N) is 1. The van der Waals surface area contributed by atoms with Gasteiger partial charge in [0.15, 0.2) is 17.7 Å². The van der Waals surface area contributed by atoms with E-state index < -0.39 is 65.2 Å². The third kappa shape index (κ3) is 6.73. The number of fused-ring (bicyclic) bond motifs is 10. The quantitative estimate of drug-likeness (QED) is 0.227. The van der Waals surface area contributed by atoms with Crippen LogP contribution in [0.5, 0.6) is 0 Å². The van der Waals surface area contributed by atoms with Crippen molar-refractivity contribution in [3.63, 3.8) is 0 Å². The first kappa shape index (κ1) is 37.9. The number of Topliss-reactive ketones (excluding diaryl/α,β-unsaturated/α-hetero) is 1. The average Bonchev–Trinajstić information content (AvgIpc) is 3.33. The second-order valence-electron chi connectivity index (χ2n) is 17.5. The van der Waals surface area contributed by atoms with Gasteiger partial charge in [0.2, 0.25) is 0 Å². The Morgan fingerprint density at radius 3 is 2.38 bits per heavy atom. The lowest BCUT2D eigenvalue weighted by molar-refractivity contribution is -0.302. The fourth-order valence-corrected chi connectivity index (χ4v) is 9.93. The maximum Gasteiger partial charge on any atom is 0.408 e. The molecule has 2 unspecified atom stereocenters. The number of alkyl carbamates (subject to hydrolysis) is 1. The third-order valence-electron chi connectivity index (χ3n) is 13.2. The summed E-state index contributed by atoms with van der Waals surface area (Å²) in [6.07, 6.45) is 0.890. The molecule has 5 heterocycles. The predicted octanol–water partition coefficient (Wildman–Crippen LogP) is 2.52. The molecule has 1 amide bonds. The highest BCUT2D eigenvalue weighted by Gasteiger charge is 2.59. The van der Waals surface area contributed by atoms with Gasteiger partial charge in [-0.25, -0.2) is 4.79 Å². The largest absolute Gasteiger partial charge is 0.457 e. The number of hydrogen-bond donors (Lipinski definition) is 4. The second kappa shape index (κ2) is 13.8. The summed E-state index contributed by atoms with van der Waals surface area (Å²) < 4.78 is 32.2. The first-order valence-electron chi connectivity index (χ1n) is 19.0. The Hall–Kier alpha value is -1.87. The van der Waals surface area contributed by atoms with E-state index in [4.69, 9.17) is 23.7 Å². The summed E-state index contributed by atoms with van der Waals surface area (Å²) in [5.41, 5.74) is -3.46. The van der Waals surface area contributed by atoms with Crippen LogP contribution < -0.4 is 16.0 Å². The summed E-state index contributed by atoms with van der Waals surface area (Å²) in [6.45, 7) is 14.5. The van der Waals surface area contributed by atoms with E-state index in [2.05, 4.69) is 22.9 Å². The molecule has 8 fully saturated rings. The zero-order valence-corrected chi connectivity index (χ0v) is 31.6. The van der Waals surface area contributed by atoms with Crippen LogP contribution in [0.1, 0.15) is 93.4 Å².